The number of carbonyl (C=O) groups is 3. The molecule has 2 unspecified atom stereocenters. The number of ether oxygens (including phenoxy) is 3. The summed E-state index contributed by atoms with van der Waals surface area (Å²) < 4.78 is 37.6. The number of rotatable bonds is 17. The lowest BCUT2D eigenvalue weighted by Crippen LogP contribution is -2.48. The highest BCUT2D eigenvalue weighted by Gasteiger charge is 2.65. The molecule has 3 aliphatic rings. The SMILES string of the molecule is C=C[C@@H]1C[C@]1(CC(=O)[C@@H]1C[C@@H](Oc2cc(-c3csc(NC(C)C)n3)nc3cc(OC)ccc23)CN1C(=O)C(CC(=O)OC1CCCC1)C(C)(C)C)P(=O)(O)Cc1ccoc1. The van der Waals surface area contributed by atoms with Gasteiger partial charge in [-0.05, 0) is 81.0 Å². The number of allylic oxidation sites excluding steroid dienone is 1. The number of benzene rings is 1. The van der Waals surface area contributed by atoms with E-state index in [0.29, 0.717) is 45.8 Å². The molecule has 1 aliphatic heterocycles. The van der Waals surface area contributed by atoms with Gasteiger partial charge in [0.05, 0.1) is 67.1 Å². The van der Waals surface area contributed by atoms with E-state index in [0.717, 1.165) is 30.8 Å². The van der Waals surface area contributed by atoms with E-state index in [-0.39, 0.29) is 61.7 Å². The summed E-state index contributed by atoms with van der Waals surface area (Å²) in [6, 6.07) is 8.19. The number of anilines is 1. The minimum atomic E-state index is -3.98. The van der Waals surface area contributed by atoms with Gasteiger partial charge in [0.2, 0.25) is 13.3 Å². The van der Waals surface area contributed by atoms with Crippen molar-refractivity contribution in [2.75, 3.05) is 19.0 Å². The predicted molar refractivity (Wildman–Crippen MR) is 232 cm³/mol. The molecule has 4 heterocycles. The van der Waals surface area contributed by atoms with Gasteiger partial charge >= 0.3 is 5.97 Å². The number of thiazole rings is 1. The monoisotopic (exact) mass is 860 g/mol. The number of esters is 1. The van der Waals surface area contributed by atoms with Crippen LogP contribution in [-0.4, -0.2) is 80.5 Å². The minimum absolute atomic E-state index is 0.0532. The van der Waals surface area contributed by atoms with Gasteiger partial charge in [-0.1, -0.05) is 26.8 Å². The van der Waals surface area contributed by atoms with Gasteiger partial charge in [-0.25, -0.2) is 9.97 Å². The molecule has 322 valence electrons. The van der Waals surface area contributed by atoms with Crippen LogP contribution in [0.3, 0.4) is 0 Å². The van der Waals surface area contributed by atoms with Crippen LogP contribution in [0.2, 0.25) is 0 Å². The van der Waals surface area contributed by atoms with Crippen molar-refractivity contribution >= 4 is 52.4 Å². The fourth-order valence-electron chi connectivity index (χ4n) is 8.78. The molecule has 1 amide bonds. The summed E-state index contributed by atoms with van der Waals surface area (Å²) in [5.41, 5.74) is 1.75. The first kappa shape index (κ1) is 43.6. The Labute approximate surface area is 355 Å². The Morgan fingerprint density at radius 1 is 1.13 bits per heavy atom. The highest BCUT2D eigenvalue weighted by molar-refractivity contribution is 7.59. The van der Waals surface area contributed by atoms with Gasteiger partial charge in [0.25, 0.3) is 0 Å². The van der Waals surface area contributed by atoms with Gasteiger partial charge in [0.1, 0.15) is 29.4 Å². The summed E-state index contributed by atoms with van der Waals surface area (Å²) >= 11 is 1.47. The molecular formula is C45H57N4O9PS. The number of amides is 1. The molecule has 7 rings (SSSR count). The summed E-state index contributed by atoms with van der Waals surface area (Å²) in [7, 11) is -2.40. The van der Waals surface area contributed by atoms with Crippen LogP contribution in [0.4, 0.5) is 5.13 Å². The van der Waals surface area contributed by atoms with Crippen LogP contribution in [-0.2, 0) is 29.8 Å². The van der Waals surface area contributed by atoms with E-state index in [1.165, 1.54) is 23.9 Å². The van der Waals surface area contributed by atoms with Gasteiger partial charge < -0.3 is 33.7 Å². The zero-order chi connectivity index (χ0) is 43.0. The largest absolute Gasteiger partial charge is 0.497 e. The lowest BCUT2D eigenvalue weighted by Gasteiger charge is -2.35. The van der Waals surface area contributed by atoms with Gasteiger partial charge in [-0.15, -0.1) is 17.9 Å². The Morgan fingerprint density at radius 2 is 1.90 bits per heavy atom. The number of nitrogens with one attached hydrogen (secondary N) is 1. The molecule has 3 fully saturated rings. The zero-order valence-electron chi connectivity index (χ0n) is 35.3. The molecule has 2 saturated carbocycles. The number of fused-ring (bicyclic) bond motifs is 1. The number of hydrogen-bond donors (Lipinski definition) is 2. The third kappa shape index (κ3) is 9.35. The Bertz CT molecular complexity index is 2260. The second-order valence-electron chi connectivity index (χ2n) is 18.0. The maximum absolute atomic E-state index is 14.9. The number of ketones is 1. The molecule has 0 spiro atoms. The van der Waals surface area contributed by atoms with E-state index in [9.17, 15) is 23.8 Å². The van der Waals surface area contributed by atoms with Crippen molar-refractivity contribution in [1.82, 2.24) is 14.9 Å². The Kier molecular flexibility index (Phi) is 12.7. The number of nitrogens with zero attached hydrogens (tertiary/aromatic N) is 3. The maximum Gasteiger partial charge on any atom is 0.306 e. The van der Waals surface area contributed by atoms with E-state index in [1.807, 2.05) is 64.3 Å². The third-order valence-corrected chi connectivity index (χ3v) is 15.9. The van der Waals surface area contributed by atoms with E-state index in [1.54, 1.807) is 24.2 Å². The smallest absolute Gasteiger partial charge is 0.306 e. The summed E-state index contributed by atoms with van der Waals surface area (Å²) in [6.45, 7) is 13.8. The molecule has 2 aliphatic carbocycles. The highest BCUT2D eigenvalue weighted by atomic mass is 32.1. The minimum Gasteiger partial charge on any atom is -0.497 e. The molecule has 13 nitrogen and oxygen atoms in total. The van der Waals surface area contributed by atoms with E-state index >= 15 is 0 Å². The summed E-state index contributed by atoms with van der Waals surface area (Å²) in [4.78, 5) is 66.0. The van der Waals surface area contributed by atoms with Crippen LogP contribution in [0.1, 0.15) is 91.5 Å². The number of Topliss-reactive ketones (excluding diaryl/α,β-unsaturated/α-hetero) is 1. The average molecular weight is 861 g/mol. The standard InChI is InChI=1S/C45H57N4O9PS/c1-8-29-21-45(29,59(53,54)25-28-15-16-56-24-28)22-39(50)38-18-32(23-49(38)42(52)34(44(4,5)6)19-41(51)58-30-11-9-10-12-30)57-40-20-36(37-26-60-43(48-37)46-27(2)3)47-35-17-31(55-7)13-14-33(35)40/h8,13-17,20,24,26-27,29-30,32,34,38H,1,9-12,18-19,21-23,25H2,2-7H3,(H,46,48)(H,53,54)/t29-,32-,34?,38+,45-/m1/s1. The number of hydrogen-bond acceptors (Lipinski definition) is 12. The molecule has 1 saturated heterocycles. The van der Waals surface area contributed by atoms with E-state index < -0.39 is 42.0 Å². The number of likely N-dealkylation sites (tertiary alicyclic amines) is 1. The van der Waals surface area contributed by atoms with Crippen molar-refractivity contribution in [3.8, 4) is 22.9 Å². The molecule has 60 heavy (non-hydrogen) atoms. The summed E-state index contributed by atoms with van der Waals surface area (Å²) in [6.07, 6.45) is 7.29. The van der Waals surface area contributed by atoms with Gasteiger partial charge in [0, 0.05) is 41.8 Å². The van der Waals surface area contributed by atoms with Crippen molar-refractivity contribution in [3.05, 3.63) is 66.5 Å². The number of aromatic nitrogens is 2. The zero-order valence-corrected chi connectivity index (χ0v) is 37.1. The fourth-order valence-corrected chi connectivity index (χ4v) is 12.1. The Balaban J connectivity index is 1.22. The van der Waals surface area contributed by atoms with Crippen molar-refractivity contribution in [2.45, 2.75) is 122 Å². The molecular weight excluding hydrogens is 804 g/mol. The first-order valence-corrected chi connectivity index (χ1v) is 23.6. The average Bonchev–Trinajstić information content (AvgIpc) is 3.81. The molecule has 4 aromatic rings. The first-order valence-electron chi connectivity index (χ1n) is 20.9. The van der Waals surface area contributed by atoms with Crippen LogP contribution in [0.25, 0.3) is 22.3 Å². The number of carbonyl (C=O) groups excluding carboxylic acids is 3. The van der Waals surface area contributed by atoms with Gasteiger partial charge in [0.15, 0.2) is 10.9 Å². The lowest BCUT2D eigenvalue weighted by molar-refractivity contribution is -0.156. The first-order chi connectivity index (χ1) is 28.5. The van der Waals surface area contributed by atoms with Crippen LogP contribution >= 0.6 is 18.7 Å². The highest BCUT2D eigenvalue weighted by Crippen LogP contribution is 2.74. The molecule has 1 aromatic carbocycles. The Hall–Kier alpha value is -4.52. The van der Waals surface area contributed by atoms with E-state index in [4.69, 9.17) is 28.6 Å². The molecule has 6 atom stereocenters. The molecule has 0 radical (unpaired) electrons. The van der Waals surface area contributed by atoms with Gasteiger partial charge in [-0.3, -0.25) is 18.9 Å². The van der Waals surface area contributed by atoms with Crippen molar-refractivity contribution < 1.29 is 42.5 Å². The van der Waals surface area contributed by atoms with Crippen LogP contribution < -0.4 is 14.8 Å². The maximum atomic E-state index is 14.9. The molecule has 2 N–H and O–H groups in total. The van der Waals surface area contributed by atoms with Crippen LogP contribution in [0.5, 0.6) is 11.5 Å². The predicted octanol–water partition coefficient (Wildman–Crippen LogP) is 9.04. The van der Waals surface area contributed by atoms with Crippen LogP contribution in [0.15, 0.2) is 65.3 Å². The number of methoxy groups -OCH3 is 1. The molecule has 15 heteroatoms. The Morgan fingerprint density at radius 3 is 2.55 bits per heavy atom. The second-order valence-corrected chi connectivity index (χ2v) is 21.5. The molecule has 0 bridgehead atoms. The van der Waals surface area contributed by atoms with Crippen molar-refractivity contribution in [1.29, 1.82) is 0 Å². The summed E-state index contributed by atoms with van der Waals surface area (Å²) in [5, 5.41) is 5.50. The number of pyridine rings is 1. The van der Waals surface area contributed by atoms with E-state index in [2.05, 4.69) is 11.9 Å². The number of furan rings is 1. The fraction of sp³-hybridized carbons (Fsp3) is 0.533. The summed E-state index contributed by atoms with van der Waals surface area (Å²) in [5.74, 6) is -1.18. The quantitative estimate of drug-likeness (QED) is 0.0588. The second kappa shape index (κ2) is 17.5. The molecule has 3 aromatic heterocycles. The lowest BCUT2D eigenvalue weighted by atomic mass is 9.77. The van der Waals surface area contributed by atoms with Crippen LogP contribution in [0, 0.1) is 17.3 Å². The van der Waals surface area contributed by atoms with Crippen molar-refractivity contribution in [2.24, 2.45) is 17.3 Å². The normalized spacial score (nSPS) is 23.3. The van der Waals surface area contributed by atoms with Crippen molar-refractivity contribution in [3.63, 3.8) is 0 Å². The topological polar surface area (TPSA) is 170 Å². The third-order valence-electron chi connectivity index (χ3n) is 12.2. The van der Waals surface area contributed by atoms with Gasteiger partial charge in [-0.2, -0.15) is 0 Å².